The fraction of sp³-hybridized carbons (Fsp3) is 0.400. The predicted octanol–water partition coefficient (Wildman–Crippen LogP) is 8.98. The van der Waals surface area contributed by atoms with Gasteiger partial charge < -0.3 is 0 Å². The first-order valence-corrected chi connectivity index (χ1v) is 26.4. The third kappa shape index (κ3) is 3.99. The van der Waals surface area contributed by atoms with Crippen LogP contribution in [0.25, 0.3) is 5.57 Å². The second-order valence-electron chi connectivity index (χ2n) is 11.4. The van der Waals surface area contributed by atoms with Gasteiger partial charge in [-0.05, 0) is 0 Å². The first-order chi connectivity index (χ1) is 15.5. The van der Waals surface area contributed by atoms with Gasteiger partial charge in [-0.15, -0.1) is 0 Å². The fourth-order valence-corrected chi connectivity index (χ4v) is 28.3. The van der Waals surface area contributed by atoms with Gasteiger partial charge in [-0.2, -0.15) is 0 Å². The SMILES string of the molecule is CCCCC1=C(c2ccccc2)c2cccc(Cl)c2[CH]1[Zr]([CH3])([CH3])(=[SiH2])[C]1=C(C)C(C)=C(C)C1C. The molecule has 0 bridgehead atoms. The van der Waals surface area contributed by atoms with Gasteiger partial charge in [-0.25, -0.2) is 0 Å². The summed E-state index contributed by atoms with van der Waals surface area (Å²) >= 11 is 3.54. The number of halogens is 1. The van der Waals surface area contributed by atoms with Crippen LogP contribution in [0.2, 0.25) is 14.3 Å². The Balaban J connectivity index is 2.07. The van der Waals surface area contributed by atoms with Crippen LogP contribution < -0.4 is 0 Å². The van der Waals surface area contributed by atoms with Crippen LogP contribution in [0.15, 0.2) is 74.1 Å². The average Bonchev–Trinajstić information content (AvgIpc) is 3.22. The van der Waals surface area contributed by atoms with E-state index in [0.717, 1.165) is 11.4 Å². The minimum absolute atomic E-state index is 0.460. The monoisotopic (exact) mass is 552 g/mol. The molecule has 0 saturated heterocycles. The van der Waals surface area contributed by atoms with Crippen molar-refractivity contribution in [2.24, 2.45) is 5.92 Å². The summed E-state index contributed by atoms with van der Waals surface area (Å²) < 4.78 is 7.67. The van der Waals surface area contributed by atoms with Gasteiger partial charge in [0.1, 0.15) is 0 Å². The molecule has 0 heterocycles. The van der Waals surface area contributed by atoms with Crippen LogP contribution >= 0.6 is 11.6 Å². The normalized spacial score (nSPS) is 21.4. The number of rotatable bonds is 6. The second-order valence-corrected chi connectivity index (χ2v) is 41.2. The molecule has 2 atom stereocenters. The molecule has 0 nitrogen and oxygen atoms in total. The van der Waals surface area contributed by atoms with Gasteiger partial charge in [-0.3, -0.25) is 0 Å². The van der Waals surface area contributed by atoms with Gasteiger partial charge in [0.25, 0.3) is 0 Å². The summed E-state index contributed by atoms with van der Waals surface area (Å²) in [5.41, 5.74) is 11.9. The molecule has 0 fully saturated rings. The molecule has 4 rings (SSSR count). The number of hydrogen-bond acceptors (Lipinski definition) is 0. The summed E-state index contributed by atoms with van der Waals surface area (Å²) in [6.45, 7) is 14.2. The van der Waals surface area contributed by atoms with Crippen molar-refractivity contribution in [3.05, 3.63) is 95.8 Å². The average molecular weight is 554 g/mol. The number of unbranched alkanes of at least 4 members (excludes halogenated alkanes) is 1. The van der Waals surface area contributed by atoms with Crippen LogP contribution in [0.4, 0.5) is 0 Å². The number of benzene rings is 2. The Kier molecular flexibility index (Phi) is 6.80. The summed E-state index contributed by atoms with van der Waals surface area (Å²) in [5, 5.41) is 0.957. The molecule has 0 aliphatic heterocycles. The van der Waals surface area contributed by atoms with Crippen molar-refractivity contribution in [2.75, 3.05) is 0 Å². The van der Waals surface area contributed by atoms with Crippen LogP contribution in [0.3, 0.4) is 0 Å². The second kappa shape index (κ2) is 8.92. The number of hydrogen-bond donors (Lipinski definition) is 0. The van der Waals surface area contributed by atoms with Gasteiger partial charge in [0.05, 0.1) is 0 Å². The van der Waals surface area contributed by atoms with E-state index in [1.54, 1.807) is 20.0 Å². The fourth-order valence-electron chi connectivity index (χ4n) is 6.99. The number of allylic oxidation sites excluding steroid dienone is 5. The van der Waals surface area contributed by atoms with Crippen molar-refractivity contribution in [1.82, 2.24) is 0 Å². The Hall–Kier alpha value is -0.950. The van der Waals surface area contributed by atoms with E-state index in [0.29, 0.717) is 9.54 Å². The van der Waals surface area contributed by atoms with Crippen molar-refractivity contribution in [2.45, 2.75) is 66.8 Å². The van der Waals surface area contributed by atoms with Gasteiger partial charge >= 0.3 is 210 Å². The van der Waals surface area contributed by atoms with Crippen molar-refractivity contribution >= 4 is 24.1 Å². The molecule has 0 radical (unpaired) electrons. The Morgan fingerprint density at radius 3 is 2.18 bits per heavy atom. The van der Waals surface area contributed by atoms with Crippen molar-refractivity contribution in [3.63, 3.8) is 0 Å². The topological polar surface area (TPSA) is 0 Å². The Labute approximate surface area is 208 Å². The molecular weight excluding hydrogens is 515 g/mol. The zero-order valence-electron chi connectivity index (χ0n) is 21.5. The van der Waals surface area contributed by atoms with Crippen LogP contribution in [-0.2, 0) is 17.4 Å². The van der Waals surface area contributed by atoms with E-state index in [1.165, 1.54) is 40.7 Å². The summed E-state index contributed by atoms with van der Waals surface area (Å²) in [6, 6.07) is 17.7. The molecule has 0 amide bonds. The molecule has 2 aliphatic rings. The van der Waals surface area contributed by atoms with E-state index >= 15 is 0 Å². The zero-order chi connectivity index (χ0) is 24.2. The van der Waals surface area contributed by atoms with Gasteiger partial charge in [0.2, 0.25) is 0 Å². The first kappa shape index (κ1) is 25.2. The van der Waals surface area contributed by atoms with Gasteiger partial charge in [0, 0.05) is 0 Å². The quantitative estimate of drug-likeness (QED) is 0.313. The van der Waals surface area contributed by atoms with Crippen molar-refractivity contribution in [3.8, 4) is 0 Å². The van der Waals surface area contributed by atoms with E-state index in [1.807, 2.05) is 0 Å². The summed E-state index contributed by atoms with van der Waals surface area (Å²) in [6.07, 6.45) is 3.60. The van der Waals surface area contributed by atoms with Crippen molar-refractivity contribution in [1.29, 1.82) is 0 Å². The van der Waals surface area contributed by atoms with Crippen LogP contribution in [0, 0.1) is 5.92 Å². The molecule has 0 aromatic heterocycles. The molecular formula is C30H39ClSiZr. The van der Waals surface area contributed by atoms with E-state index in [2.05, 4.69) is 99.3 Å². The molecule has 2 aromatic carbocycles. The summed E-state index contributed by atoms with van der Waals surface area (Å²) in [5.74, 6) is 0.544. The molecule has 3 heteroatoms. The zero-order valence-corrected chi connectivity index (χ0v) is 26.1. The summed E-state index contributed by atoms with van der Waals surface area (Å²) in [7, 11) is 0. The molecule has 33 heavy (non-hydrogen) atoms. The third-order valence-corrected chi connectivity index (χ3v) is 26.0. The molecule has 2 unspecified atom stereocenters. The molecule has 0 saturated carbocycles. The van der Waals surface area contributed by atoms with E-state index < -0.39 is 17.4 Å². The Bertz CT molecular complexity index is 1270. The third-order valence-electron chi connectivity index (χ3n) is 8.59. The van der Waals surface area contributed by atoms with Crippen molar-refractivity contribution < 1.29 is 17.4 Å². The van der Waals surface area contributed by atoms with Gasteiger partial charge in [-0.1, -0.05) is 0 Å². The molecule has 2 aliphatic carbocycles. The predicted molar refractivity (Wildman–Crippen MR) is 147 cm³/mol. The minimum atomic E-state index is -3.56. The maximum atomic E-state index is 7.10. The van der Waals surface area contributed by atoms with E-state index in [9.17, 15) is 0 Å². The van der Waals surface area contributed by atoms with Crippen LogP contribution in [0.5, 0.6) is 0 Å². The first-order valence-electron chi connectivity index (χ1n) is 12.5. The van der Waals surface area contributed by atoms with E-state index in [-0.39, 0.29) is 0 Å². The van der Waals surface area contributed by atoms with E-state index in [4.69, 9.17) is 11.6 Å². The summed E-state index contributed by atoms with van der Waals surface area (Å²) in [4.78, 5) is 0. The molecule has 174 valence electrons. The Morgan fingerprint density at radius 2 is 1.61 bits per heavy atom. The Morgan fingerprint density at radius 1 is 0.939 bits per heavy atom. The standard InChI is InChI=1S/C19H18Cl.C9H13.2CH3.H2Si.Zr/c1-2-3-8-15-13-17-16(11-7-12-18(17)20)19(15)14-9-5-4-6-10-14;1-6-5-7(2)9(4)8(6)3;;;;/h4-7,9-13H,2-3,8H2,1H3;6H,1-4H3;2*1H3;1H2;. The van der Waals surface area contributed by atoms with Gasteiger partial charge in [0.15, 0.2) is 0 Å². The molecule has 0 N–H and O–H groups in total. The number of fused-ring (bicyclic) bond motifs is 1. The molecule has 2 aromatic rings. The van der Waals surface area contributed by atoms with Crippen LogP contribution in [-0.4, -0.2) is 6.88 Å². The maximum absolute atomic E-state index is 7.10. The van der Waals surface area contributed by atoms with Crippen LogP contribution in [0.1, 0.15) is 74.2 Å². The molecule has 0 spiro atoms.